The van der Waals surface area contributed by atoms with Crippen molar-refractivity contribution in [1.82, 2.24) is 0 Å². The molecule has 1 fully saturated rings. The van der Waals surface area contributed by atoms with E-state index in [1.807, 2.05) is 50.2 Å². The maximum Gasteiger partial charge on any atom is 0.256 e. The lowest BCUT2D eigenvalue weighted by molar-refractivity contribution is -0.121. The second-order valence-corrected chi connectivity index (χ2v) is 5.97. The van der Waals surface area contributed by atoms with Gasteiger partial charge in [0.2, 0.25) is 5.91 Å². The maximum atomic E-state index is 12.7. The number of amides is 2. The number of carbonyl (C=O) groups is 2. The summed E-state index contributed by atoms with van der Waals surface area (Å²) in [6, 6.07) is 12.4. The molecular formula is C19H20N2O3. The lowest BCUT2D eigenvalue weighted by Crippen LogP contribution is -2.34. The molecule has 0 bridgehead atoms. The van der Waals surface area contributed by atoms with Gasteiger partial charge in [0.1, 0.15) is 11.8 Å². The summed E-state index contributed by atoms with van der Waals surface area (Å²) in [5.74, 6) is 0.275. The minimum Gasteiger partial charge on any atom is -0.497 e. The minimum atomic E-state index is -0.564. The second-order valence-electron chi connectivity index (χ2n) is 5.97. The summed E-state index contributed by atoms with van der Waals surface area (Å²) in [5.41, 5.74) is 3.56. The van der Waals surface area contributed by atoms with Crippen molar-refractivity contribution >= 4 is 23.2 Å². The molecule has 3 rings (SSSR count). The fourth-order valence-electron chi connectivity index (χ4n) is 2.79. The Kier molecular flexibility index (Phi) is 4.25. The van der Waals surface area contributed by atoms with Crippen LogP contribution >= 0.6 is 0 Å². The van der Waals surface area contributed by atoms with Gasteiger partial charge in [0.15, 0.2) is 0 Å². The molecule has 0 aliphatic carbocycles. The summed E-state index contributed by atoms with van der Waals surface area (Å²) in [4.78, 5) is 26.3. The van der Waals surface area contributed by atoms with E-state index in [2.05, 4.69) is 5.32 Å². The van der Waals surface area contributed by atoms with Gasteiger partial charge in [0.25, 0.3) is 5.91 Å². The molecule has 2 aromatic rings. The summed E-state index contributed by atoms with van der Waals surface area (Å²) < 4.78 is 5.18. The Labute approximate surface area is 141 Å². The summed E-state index contributed by atoms with van der Waals surface area (Å²) in [7, 11) is 1.59. The first-order chi connectivity index (χ1) is 11.5. The number of nitrogens with one attached hydrogen (secondary N) is 1. The third-order valence-corrected chi connectivity index (χ3v) is 4.31. The van der Waals surface area contributed by atoms with E-state index in [0.29, 0.717) is 11.4 Å². The fourth-order valence-corrected chi connectivity index (χ4v) is 2.79. The Morgan fingerprint density at radius 3 is 2.58 bits per heavy atom. The molecule has 2 aromatic carbocycles. The van der Waals surface area contributed by atoms with Crippen molar-refractivity contribution < 1.29 is 14.3 Å². The van der Waals surface area contributed by atoms with Crippen LogP contribution in [0, 0.1) is 13.8 Å². The van der Waals surface area contributed by atoms with E-state index < -0.39 is 6.04 Å². The quantitative estimate of drug-likeness (QED) is 0.878. The molecule has 0 spiro atoms. The largest absolute Gasteiger partial charge is 0.497 e. The Bertz CT molecular complexity index is 801. The first-order valence-electron chi connectivity index (χ1n) is 7.84. The molecule has 24 heavy (non-hydrogen) atoms. The predicted molar refractivity (Wildman–Crippen MR) is 93.4 cm³/mol. The van der Waals surface area contributed by atoms with Crippen LogP contribution < -0.4 is 15.0 Å². The number of hydrogen-bond donors (Lipinski definition) is 1. The number of hydrogen-bond acceptors (Lipinski definition) is 4. The van der Waals surface area contributed by atoms with Crippen LogP contribution in [0.2, 0.25) is 0 Å². The molecule has 5 heteroatoms. The van der Waals surface area contributed by atoms with Gasteiger partial charge in [-0.25, -0.2) is 4.90 Å². The highest BCUT2D eigenvalue weighted by atomic mass is 16.5. The molecule has 0 saturated carbocycles. The van der Waals surface area contributed by atoms with E-state index in [1.54, 1.807) is 13.2 Å². The average Bonchev–Trinajstić information content (AvgIpc) is 2.84. The van der Waals surface area contributed by atoms with E-state index in [4.69, 9.17) is 4.74 Å². The van der Waals surface area contributed by atoms with E-state index >= 15 is 0 Å². The molecule has 1 N–H and O–H groups in total. The molecule has 1 atom stereocenters. The summed E-state index contributed by atoms with van der Waals surface area (Å²) in [6.07, 6.45) is 0.142. The monoisotopic (exact) mass is 324 g/mol. The van der Waals surface area contributed by atoms with Crippen molar-refractivity contribution in [2.24, 2.45) is 0 Å². The second kappa shape index (κ2) is 6.35. The Morgan fingerprint density at radius 2 is 1.88 bits per heavy atom. The van der Waals surface area contributed by atoms with Crippen LogP contribution in [0.1, 0.15) is 17.5 Å². The molecule has 5 nitrogen and oxygen atoms in total. The molecule has 1 saturated heterocycles. The standard InChI is InChI=1S/C19H20N2O3/c1-12-7-8-15(9-13(12)2)21-18(22)11-17(19(21)23)20-14-5-4-6-16(10-14)24-3/h4-10,17,20H,11H2,1-3H3/t17-/m1/s1. The number of rotatable bonds is 4. The smallest absolute Gasteiger partial charge is 0.256 e. The van der Waals surface area contributed by atoms with Crippen LogP contribution in [0.4, 0.5) is 11.4 Å². The van der Waals surface area contributed by atoms with Gasteiger partial charge >= 0.3 is 0 Å². The Hall–Kier alpha value is -2.82. The van der Waals surface area contributed by atoms with Crippen molar-refractivity contribution in [3.8, 4) is 5.75 Å². The van der Waals surface area contributed by atoms with E-state index in [-0.39, 0.29) is 18.2 Å². The Morgan fingerprint density at radius 1 is 1.08 bits per heavy atom. The van der Waals surface area contributed by atoms with E-state index in [1.165, 1.54) is 4.90 Å². The van der Waals surface area contributed by atoms with Gasteiger partial charge in [0.05, 0.1) is 19.2 Å². The van der Waals surface area contributed by atoms with E-state index in [9.17, 15) is 9.59 Å². The zero-order valence-corrected chi connectivity index (χ0v) is 14.0. The predicted octanol–water partition coefficient (Wildman–Crippen LogP) is 3.06. The van der Waals surface area contributed by atoms with Crippen molar-refractivity contribution in [2.45, 2.75) is 26.3 Å². The summed E-state index contributed by atoms with van der Waals surface area (Å²) in [5, 5.41) is 3.13. The highest BCUT2D eigenvalue weighted by Gasteiger charge is 2.39. The van der Waals surface area contributed by atoms with Gasteiger partial charge in [-0.15, -0.1) is 0 Å². The number of benzene rings is 2. The van der Waals surface area contributed by atoms with Gasteiger partial charge in [-0.05, 0) is 49.2 Å². The third kappa shape index (κ3) is 2.97. The molecule has 1 aliphatic heterocycles. The van der Waals surface area contributed by atoms with Gasteiger partial charge in [0, 0.05) is 11.8 Å². The number of anilines is 2. The van der Waals surface area contributed by atoms with Crippen LogP contribution in [0.25, 0.3) is 0 Å². The number of carbonyl (C=O) groups excluding carboxylic acids is 2. The van der Waals surface area contributed by atoms with Gasteiger partial charge in [-0.1, -0.05) is 12.1 Å². The highest BCUT2D eigenvalue weighted by Crippen LogP contribution is 2.27. The molecule has 2 amide bonds. The summed E-state index contributed by atoms with van der Waals surface area (Å²) in [6.45, 7) is 3.97. The van der Waals surface area contributed by atoms with Crippen molar-refractivity contribution in [2.75, 3.05) is 17.3 Å². The molecular weight excluding hydrogens is 304 g/mol. The van der Waals surface area contributed by atoms with Crippen LogP contribution in [0.3, 0.4) is 0 Å². The van der Waals surface area contributed by atoms with Crippen LogP contribution in [-0.2, 0) is 9.59 Å². The van der Waals surface area contributed by atoms with Gasteiger partial charge < -0.3 is 10.1 Å². The summed E-state index contributed by atoms with van der Waals surface area (Å²) >= 11 is 0. The third-order valence-electron chi connectivity index (χ3n) is 4.31. The Balaban J connectivity index is 1.82. The number of ether oxygens (including phenoxy) is 1. The zero-order valence-electron chi connectivity index (χ0n) is 14.0. The van der Waals surface area contributed by atoms with Crippen molar-refractivity contribution in [3.05, 3.63) is 53.6 Å². The van der Waals surface area contributed by atoms with Crippen LogP contribution in [-0.4, -0.2) is 25.0 Å². The zero-order chi connectivity index (χ0) is 17.3. The number of imide groups is 1. The number of aryl methyl sites for hydroxylation is 2. The first-order valence-corrected chi connectivity index (χ1v) is 7.84. The lowest BCUT2D eigenvalue weighted by atomic mass is 10.1. The van der Waals surface area contributed by atoms with Gasteiger partial charge in [-0.3, -0.25) is 9.59 Å². The lowest BCUT2D eigenvalue weighted by Gasteiger charge is -2.17. The SMILES string of the molecule is COc1cccc(N[C@@H]2CC(=O)N(c3ccc(C)c(C)c3)C2=O)c1. The normalized spacial score (nSPS) is 17.3. The molecule has 0 unspecified atom stereocenters. The molecule has 1 heterocycles. The molecule has 0 aromatic heterocycles. The molecule has 124 valence electrons. The minimum absolute atomic E-state index is 0.142. The number of nitrogens with zero attached hydrogens (tertiary/aromatic N) is 1. The highest BCUT2D eigenvalue weighted by molar-refractivity contribution is 6.23. The van der Waals surface area contributed by atoms with E-state index in [0.717, 1.165) is 16.8 Å². The maximum absolute atomic E-state index is 12.7. The first kappa shape index (κ1) is 16.1. The molecule has 0 radical (unpaired) electrons. The van der Waals surface area contributed by atoms with Crippen LogP contribution in [0.5, 0.6) is 5.75 Å². The number of methoxy groups -OCH3 is 1. The average molecular weight is 324 g/mol. The van der Waals surface area contributed by atoms with Crippen LogP contribution in [0.15, 0.2) is 42.5 Å². The fraction of sp³-hybridized carbons (Fsp3) is 0.263. The van der Waals surface area contributed by atoms with Crippen molar-refractivity contribution in [3.63, 3.8) is 0 Å². The van der Waals surface area contributed by atoms with Gasteiger partial charge in [-0.2, -0.15) is 0 Å². The topological polar surface area (TPSA) is 58.6 Å². The van der Waals surface area contributed by atoms with Crippen molar-refractivity contribution in [1.29, 1.82) is 0 Å². The molecule has 1 aliphatic rings.